The molecule has 90 valence electrons. The molecule has 0 saturated carbocycles. The number of nitrogens with zero attached hydrogens (tertiary/aromatic N) is 2. The monoisotopic (exact) mass is 508 g/mol. The Morgan fingerprint density at radius 3 is 1.40 bits per heavy atom. The molecule has 15 heavy (non-hydrogen) atoms. The summed E-state index contributed by atoms with van der Waals surface area (Å²) in [6, 6.07) is 0. The zero-order chi connectivity index (χ0) is 12.4. The summed E-state index contributed by atoms with van der Waals surface area (Å²) < 4.78 is 1.79. The van der Waals surface area contributed by atoms with Crippen molar-refractivity contribution in [3.8, 4) is 0 Å². The van der Waals surface area contributed by atoms with Gasteiger partial charge in [-0.3, -0.25) is 0 Å². The zero-order valence-electron chi connectivity index (χ0n) is 8.99. The molecule has 0 unspecified atom stereocenters. The highest BCUT2D eigenvalue weighted by Gasteiger charge is 2.03. The fraction of sp³-hybridized carbons (Fsp3) is 0.714. The Bertz CT molecular complexity index is 179. The Morgan fingerprint density at radius 2 is 1.20 bits per heavy atom. The van der Waals surface area contributed by atoms with Crippen molar-refractivity contribution in [1.82, 2.24) is 9.80 Å². The van der Waals surface area contributed by atoms with Gasteiger partial charge >= 0.3 is 0 Å². The summed E-state index contributed by atoms with van der Waals surface area (Å²) in [5, 5.41) is 0.883. The van der Waals surface area contributed by atoms with Gasteiger partial charge in [0.15, 0.2) is 0 Å². The highest BCUT2D eigenvalue weighted by molar-refractivity contribution is 15.0. The largest absolute Gasteiger partial charge is 0.364 e. The van der Waals surface area contributed by atoms with Crippen LogP contribution in [0.5, 0.6) is 0 Å². The van der Waals surface area contributed by atoms with Crippen molar-refractivity contribution >= 4 is 93.8 Å². The highest BCUT2D eigenvalue weighted by atomic mass is 128. The molecule has 0 radical (unpaired) electrons. The second kappa shape index (κ2) is 12.4. The highest BCUT2D eigenvalue weighted by Crippen LogP contribution is 2.17. The maximum atomic E-state index is 5.11. The van der Waals surface area contributed by atoms with Gasteiger partial charge in [0.1, 0.15) is 8.64 Å². The Labute approximate surface area is 135 Å². The number of thioether (sulfide) groups is 2. The maximum Gasteiger partial charge on any atom is 0.136 e. The zero-order valence-corrected chi connectivity index (χ0v) is 16.6. The minimum atomic E-state index is 0.883. The molecular weight excluding hydrogens is 494 g/mol. The fourth-order valence-corrected chi connectivity index (χ4v) is 2.81. The van der Waals surface area contributed by atoms with E-state index in [1.807, 2.05) is 38.0 Å². The first kappa shape index (κ1) is 19.3. The SMILES string of the molecule is CN(C)C(=S)SCSC(=S)N(C)C.II. The van der Waals surface area contributed by atoms with Crippen LogP contribution in [0.1, 0.15) is 0 Å². The van der Waals surface area contributed by atoms with E-state index in [0.717, 1.165) is 13.7 Å². The van der Waals surface area contributed by atoms with Crippen molar-refractivity contribution in [3.63, 3.8) is 0 Å². The van der Waals surface area contributed by atoms with E-state index in [-0.39, 0.29) is 0 Å². The number of hydrogen-bond acceptors (Lipinski definition) is 4. The van der Waals surface area contributed by atoms with Gasteiger partial charge in [-0.2, -0.15) is 0 Å². The normalized spacial score (nSPS) is 8.67. The average molecular weight is 508 g/mol. The lowest BCUT2D eigenvalue weighted by Gasteiger charge is -2.14. The van der Waals surface area contributed by atoms with Crippen LogP contribution in [-0.2, 0) is 0 Å². The molecule has 0 amide bonds. The number of hydrogen-bond donors (Lipinski definition) is 0. The van der Waals surface area contributed by atoms with Crippen molar-refractivity contribution in [2.75, 3.05) is 33.3 Å². The van der Waals surface area contributed by atoms with Crippen molar-refractivity contribution in [2.45, 2.75) is 0 Å². The van der Waals surface area contributed by atoms with E-state index in [2.05, 4.69) is 37.2 Å². The molecule has 0 atom stereocenters. The van der Waals surface area contributed by atoms with Crippen molar-refractivity contribution in [1.29, 1.82) is 0 Å². The van der Waals surface area contributed by atoms with Crippen molar-refractivity contribution in [3.05, 3.63) is 0 Å². The third-order valence-corrected chi connectivity index (χ3v) is 4.70. The molecule has 0 aliphatic carbocycles. The van der Waals surface area contributed by atoms with Crippen LogP contribution < -0.4 is 0 Å². The third kappa shape index (κ3) is 12.2. The minimum absolute atomic E-state index is 0.883. The molecule has 0 fully saturated rings. The Kier molecular flexibility index (Phi) is 15.9. The summed E-state index contributed by atoms with van der Waals surface area (Å²) in [6.07, 6.45) is 0. The van der Waals surface area contributed by atoms with E-state index in [4.69, 9.17) is 24.4 Å². The van der Waals surface area contributed by atoms with Gasteiger partial charge in [-0.15, -0.1) is 0 Å². The smallest absolute Gasteiger partial charge is 0.136 e. The van der Waals surface area contributed by atoms with Gasteiger partial charge in [0.05, 0.1) is 5.08 Å². The Hall–Kier alpha value is 1.94. The van der Waals surface area contributed by atoms with Crippen LogP contribution in [0.15, 0.2) is 0 Å². The number of rotatable bonds is 2. The van der Waals surface area contributed by atoms with Gasteiger partial charge in [0, 0.05) is 65.4 Å². The number of thiocarbonyl (C=S) groups is 2. The quantitative estimate of drug-likeness (QED) is 0.315. The van der Waals surface area contributed by atoms with Crippen LogP contribution in [-0.4, -0.2) is 51.7 Å². The van der Waals surface area contributed by atoms with Crippen molar-refractivity contribution < 1.29 is 0 Å². The molecule has 0 aromatic rings. The van der Waals surface area contributed by atoms with E-state index in [9.17, 15) is 0 Å². The van der Waals surface area contributed by atoms with Crippen LogP contribution in [0.4, 0.5) is 0 Å². The van der Waals surface area contributed by atoms with Crippen LogP contribution in [0.25, 0.3) is 0 Å². The Morgan fingerprint density at radius 1 is 0.933 bits per heavy atom. The lowest BCUT2D eigenvalue weighted by molar-refractivity contribution is 0.647. The van der Waals surface area contributed by atoms with Crippen LogP contribution in [0.2, 0.25) is 0 Å². The van der Waals surface area contributed by atoms with Gasteiger partial charge in [-0.05, 0) is 0 Å². The summed E-state index contributed by atoms with van der Waals surface area (Å²) in [6.45, 7) is 0. The minimum Gasteiger partial charge on any atom is -0.364 e. The van der Waals surface area contributed by atoms with E-state index in [1.165, 1.54) is 0 Å². The molecule has 8 heteroatoms. The number of halogens is 2. The standard InChI is InChI=1S/C7H14N2S4.I2/c1-8(2)6(10)12-5-13-7(11)9(3)4;1-2/h5H2,1-4H3;. The third-order valence-electron chi connectivity index (χ3n) is 1.10. The topological polar surface area (TPSA) is 6.48 Å². The maximum absolute atomic E-state index is 5.11. The molecule has 0 bridgehead atoms. The van der Waals surface area contributed by atoms with E-state index < -0.39 is 0 Å². The van der Waals surface area contributed by atoms with Gasteiger partial charge < -0.3 is 9.80 Å². The predicted molar refractivity (Wildman–Crippen MR) is 101 cm³/mol. The molecule has 0 saturated heterocycles. The summed E-state index contributed by atoms with van der Waals surface area (Å²) in [7, 11) is 7.79. The lowest BCUT2D eigenvalue weighted by Crippen LogP contribution is -2.18. The molecule has 0 aromatic carbocycles. The molecule has 0 spiro atoms. The Balaban J connectivity index is 0. The summed E-state index contributed by atoms with van der Waals surface area (Å²) in [4.78, 5) is 3.86. The molecule has 0 N–H and O–H groups in total. The van der Waals surface area contributed by atoms with Crippen LogP contribution in [0, 0.1) is 0 Å². The molecule has 0 aromatic heterocycles. The first-order valence-corrected chi connectivity index (χ1v) is 12.8. The van der Waals surface area contributed by atoms with Crippen molar-refractivity contribution in [2.24, 2.45) is 0 Å². The summed E-state index contributed by atoms with van der Waals surface area (Å²) in [5.74, 6) is 0. The molecule has 0 heterocycles. The van der Waals surface area contributed by atoms with Gasteiger partial charge in [-0.1, -0.05) is 48.0 Å². The van der Waals surface area contributed by atoms with Crippen LogP contribution >= 0.6 is 85.2 Å². The first-order chi connectivity index (χ1) is 6.95. The molecule has 2 nitrogen and oxygen atoms in total. The van der Waals surface area contributed by atoms with Gasteiger partial charge in [0.2, 0.25) is 0 Å². The molecule has 0 aliphatic heterocycles. The predicted octanol–water partition coefficient (Wildman–Crippen LogP) is 3.87. The van der Waals surface area contributed by atoms with Crippen LogP contribution in [0.3, 0.4) is 0 Å². The molecule has 0 rings (SSSR count). The van der Waals surface area contributed by atoms with E-state index in [0.29, 0.717) is 0 Å². The summed E-state index contributed by atoms with van der Waals surface area (Å²) in [5.41, 5.74) is 0. The second-order valence-corrected chi connectivity index (χ2v) is 6.31. The van der Waals surface area contributed by atoms with Gasteiger partial charge in [-0.25, -0.2) is 0 Å². The van der Waals surface area contributed by atoms with E-state index >= 15 is 0 Å². The second-order valence-electron chi connectivity index (χ2n) is 2.73. The first-order valence-electron chi connectivity index (χ1n) is 3.77. The van der Waals surface area contributed by atoms with E-state index in [1.54, 1.807) is 23.5 Å². The van der Waals surface area contributed by atoms with Gasteiger partial charge in [0.25, 0.3) is 0 Å². The fourth-order valence-electron chi connectivity index (χ4n) is 0.388. The average Bonchev–Trinajstić information content (AvgIpc) is 2.20. The molecule has 0 aliphatic rings. The molecular formula is C7H14I2N2S4. The lowest BCUT2D eigenvalue weighted by atomic mass is 11.0. The summed E-state index contributed by atoms with van der Waals surface area (Å²) >= 11 is 17.7.